The molecule has 0 fully saturated rings. The van der Waals surface area contributed by atoms with Crippen molar-refractivity contribution in [2.45, 2.75) is 0 Å². The molecule has 0 amide bonds. The van der Waals surface area contributed by atoms with Crippen molar-refractivity contribution < 1.29 is 4.39 Å². The number of nitrogens with zero attached hydrogens (tertiary/aromatic N) is 5. The van der Waals surface area contributed by atoms with Gasteiger partial charge in [-0.05, 0) is 42.5 Å². The molecular formula is C19H12FN5. The van der Waals surface area contributed by atoms with Crippen LogP contribution in [0.4, 0.5) is 4.39 Å². The Morgan fingerprint density at radius 2 is 1.48 bits per heavy atom. The average Bonchev–Trinajstić information content (AvgIpc) is 2.69. The van der Waals surface area contributed by atoms with Gasteiger partial charge >= 0.3 is 0 Å². The molecule has 0 spiro atoms. The summed E-state index contributed by atoms with van der Waals surface area (Å²) in [7, 11) is 0. The van der Waals surface area contributed by atoms with E-state index in [0.717, 1.165) is 16.7 Å². The fraction of sp³-hybridized carbons (Fsp3) is 0. The molecule has 25 heavy (non-hydrogen) atoms. The van der Waals surface area contributed by atoms with Crippen LogP contribution >= 0.6 is 0 Å². The van der Waals surface area contributed by atoms with E-state index in [1.165, 1.54) is 18.5 Å². The Balaban J connectivity index is 1.91. The van der Waals surface area contributed by atoms with Crippen molar-refractivity contribution in [3.8, 4) is 33.9 Å². The monoisotopic (exact) mass is 329 g/mol. The van der Waals surface area contributed by atoms with Crippen LogP contribution in [-0.4, -0.2) is 24.9 Å². The Hall–Kier alpha value is -3.54. The van der Waals surface area contributed by atoms with E-state index in [2.05, 4.69) is 19.9 Å². The standard InChI is InChI=1S/C19H12FN5/c20-15-3-1-13(2-4-15)18-16(17-7-10-22-12-24-17)11-23-19(25-18)14-5-8-21-9-6-14/h1-12H. The topological polar surface area (TPSA) is 64.5 Å². The maximum atomic E-state index is 13.3. The molecule has 0 atom stereocenters. The van der Waals surface area contributed by atoms with Crippen LogP contribution in [0.25, 0.3) is 33.9 Å². The van der Waals surface area contributed by atoms with Gasteiger partial charge in [0.15, 0.2) is 5.82 Å². The van der Waals surface area contributed by atoms with E-state index in [9.17, 15) is 4.39 Å². The third-order valence-corrected chi connectivity index (χ3v) is 3.70. The molecule has 120 valence electrons. The van der Waals surface area contributed by atoms with Crippen molar-refractivity contribution in [2.75, 3.05) is 0 Å². The molecule has 6 heteroatoms. The van der Waals surface area contributed by atoms with Gasteiger partial charge in [0.25, 0.3) is 0 Å². The van der Waals surface area contributed by atoms with E-state index in [0.29, 0.717) is 17.2 Å². The highest BCUT2D eigenvalue weighted by molar-refractivity contribution is 5.79. The quantitative estimate of drug-likeness (QED) is 0.572. The second kappa shape index (κ2) is 6.52. The third kappa shape index (κ3) is 3.10. The summed E-state index contributed by atoms with van der Waals surface area (Å²) in [6, 6.07) is 11.7. The molecule has 0 radical (unpaired) electrons. The lowest BCUT2D eigenvalue weighted by Gasteiger charge is -2.10. The van der Waals surface area contributed by atoms with Gasteiger partial charge < -0.3 is 0 Å². The molecule has 0 bridgehead atoms. The number of hydrogen-bond acceptors (Lipinski definition) is 5. The highest BCUT2D eigenvalue weighted by atomic mass is 19.1. The number of hydrogen-bond donors (Lipinski definition) is 0. The summed E-state index contributed by atoms with van der Waals surface area (Å²) in [4.78, 5) is 21.4. The second-order valence-electron chi connectivity index (χ2n) is 5.29. The van der Waals surface area contributed by atoms with Gasteiger partial charge in [-0.3, -0.25) is 4.98 Å². The minimum Gasteiger partial charge on any atom is -0.265 e. The predicted octanol–water partition coefficient (Wildman–Crippen LogP) is 3.80. The fourth-order valence-corrected chi connectivity index (χ4v) is 2.49. The van der Waals surface area contributed by atoms with E-state index in [1.807, 2.05) is 12.1 Å². The Morgan fingerprint density at radius 3 is 2.20 bits per heavy atom. The first-order valence-electron chi connectivity index (χ1n) is 7.61. The SMILES string of the molecule is Fc1ccc(-c2nc(-c3ccncc3)ncc2-c2ccncn2)cc1. The largest absolute Gasteiger partial charge is 0.265 e. The maximum Gasteiger partial charge on any atom is 0.159 e. The van der Waals surface area contributed by atoms with Gasteiger partial charge in [0.2, 0.25) is 0 Å². The molecule has 4 rings (SSSR count). The average molecular weight is 329 g/mol. The lowest BCUT2D eigenvalue weighted by atomic mass is 10.0. The molecule has 0 aliphatic carbocycles. The number of halogens is 1. The summed E-state index contributed by atoms with van der Waals surface area (Å²) in [6.45, 7) is 0. The molecule has 3 aromatic heterocycles. The number of aromatic nitrogens is 5. The maximum absolute atomic E-state index is 13.3. The molecule has 0 aliphatic rings. The summed E-state index contributed by atoms with van der Waals surface area (Å²) in [5, 5.41) is 0. The molecule has 0 saturated heterocycles. The van der Waals surface area contributed by atoms with Crippen LogP contribution in [0.5, 0.6) is 0 Å². The van der Waals surface area contributed by atoms with Crippen molar-refractivity contribution in [1.29, 1.82) is 0 Å². The van der Waals surface area contributed by atoms with Crippen LogP contribution in [0.3, 0.4) is 0 Å². The van der Waals surface area contributed by atoms with E-state index in [1.54, 1.807) is 43.0 Å². The summed E-state index contributed by atoms with van der Waals surface area (Å²) < 4.78 is 13.3. The number of pyridine rings is 1. The lowest BCUT2D eigenvalue weighted by molar-refractivity contribution is 0.628. The summed E-state index contributed by atoms with van der Waals surface area (Å²) in [6.07, 6.45) is 8.24. The summed E-state index contributed by atoms with van der Waals surface area (Å²) in [5.41, 5.74) is 3.78. The van der Waals surface area contributed by atoms with Crippen LogP contribution in [0.1, 0.15) is 0 Å². The van der Waals surface area contributed by atoms with Crippen molar-refractivity contribution in [2.24, 2.45) is 0 Å². The summed E-state index contributed by atoms with van der Waals surface area (Å²) >= 11 is 0. The Labute approximate surface area is 143 Å². The zero-order valence-corrected chi connectivity index (χ0v) is 13.0. The van der Waals surface area contributed by atoms with Gasteiger partial charge in [-0.25, -0.2) is 24.3 Å². The molecule has 4 aromatic rings. The van der Waals surface area contributed by atoms with Crippen molar-refractivity contribution >= 4 is 0 Å². The summed E-state index contributed by atoms with van der Waals surface area (Å²) in [5.74, 6) is 0.273. The van der Waals surface area contributed by atoms with Crippen LogP contribution in [0, 0.1) is 5.82 Å². The van der Waals surface area contributed by atoms with E-state index in [-0.39, 0.29) is 5.82 Å². The van der Waals surface area contributed by atoms with Crippen molar-refractivity contribution in [3.05, 3.63) is 79.4 Å². The Kier molecular flexibility index (Phi) is 3.92. The Morgan fingerprint density at radius 1 is 0.720 bits per heavy atom. The smallest absolute Gasteiger partial charge is 0.159 e. The normalized spacial score (nSPS) is 10.6. The highest BCUT2D eigenvalue weighted by Gasteiger charge is 2.13. The van der Waals surface area contributed by atoms with Gasteiger partial charge in [0, 0.05) is 41.5 Å². The lowest BCUT2D eigenvalue weighted by Crippen LogP contribution is -1.97. The van der Waals surface area contributed by atoms with E-state index in [4.69, 9.17) is 4.98 Å². The Bertz CT molecular complexity index is 989. The van der Waals surface area contributed by atoms with Crippen LogP contribution < -0.4 is 0 Å². The van der Waals surface area contributed by atoms with E-state index < -0.39 is 0 Å². The molecule has 5 nitrogen and oxygen atoms in total. The molecule has 0 saturated carbocycles. The van der Waals surface area contributed by atoms with Gasteiger partial charge in [-0.1, -0.05) is 0 Å². The molecular weight excluding hydrogens is 317 g/mol. The molecule has 0 aliphatic heterocycles. The second-order valence-corrected chi connectivity index (χ2v) is 5.29. The predicted molar refractivity (Wildman–Crippen MR) is 91.7 cm³/mol. The zero-order valence-electron chi connectivity index (χ0n) is 13.0. The minimum atomic E-state index is -0.296. The first-order valence-corrected chi connectivity index (χ1v) is 7.61. The first-order chi connectivity index (χ1) is 12.3. The fourth-order valence-electron chi connectivity index (χ4n) is 2.49. The van der Waals surface area contributed by atoms with Crippen molar-refractivity contribution in [1.82, 2.24) is 24.9 Å². The number of benzene rings is 1. The van der Waals surface area contributed by atoms with Gasteiger partial charge in [-0.15, -0.1) is 0 Å². The zero-order chi connectivity index (χ0) is 17.1. The minimum absolute atomic E-state index is 0.296. The third-order valence-electron chi connectivity index (χ3n) is 3.70. The molecule has 0 N–H and O–H groups in total. The van der Waals surface area contributed by atoms with Gasteiger partial charge in [-0.2, -0.15) is 0 Å². The first kappa shape index (κ1) is 15.0. The van der Waals surface area contributed by atoms with Gasteiger partial charge in [0.1, 0.15) is 12.1 Å². The van der Waals surface area contributed by atoms with Crippen LogP contribution in [0.15, 0.2) is 73.6 Å². The van der Waals surface area contributed by atoms with Gasteiger partial charge in [0.05, 0.1) is 11.4 Å². The molecule has 0 unspecified atom stereocenters. The molecule has 1 aromatic carbocycles. The number of rotatable bonds is 3. The highest BCUT2D eigenvalue weighted by Crippen LogP contribution is 2.30. The van der Waals surface area contributed by atoms with Crippen LogP contribution in [0.2, 0.25) is 0 Å². The van der Waals surface area contributed by atoms with Crippen LogP contribution in [-0.2, 0) is 0 Å². The van der Waals surface area contributed by atoms with Crippen molar-refractivity contribution in [3.63, 3.8) is 0 Å². The van der Waals surface area contributed by atoms with E-state index >= 15 is 0 Å². The molecule has 3 heterocycles.